The molecule has 0 saturated carbocycles. The van der Waals surface area contributed by atoms with Crippen LogP contribution in [0.1, 0.15) is 70.0 Å². The lowest BCUT2D eigenvalue weighted by molar-refractivity contribution is 0.0659. The van der Waals surface area contributed by atoms with E-state index < -0.39 is 0 Å². The third kappa shape index (κ3) is 1.63. The van der Waals surface area contributed by atoms with E-state index in [2.05, 4.69) is 95.3 Å². The fourth-order valence-corrected chi connectivity index (χ4v) is 6.34. The molecule has 0 bridgehead atoms. The van der Waals surface area contributed by atoms with E-state index in [9.17, 15) is 0 Å². The van der Waals surface area contributed by atoms with Crippen molar-refractivity contribution in [3.05, 3.63) is 58.9 Å². The highest BCUT2D eigenvalue weighted by atomic mass is 15.3. The number of aryl methyl sites for hydroxylation is 2. The van der Waals surface area contributed by atoms with Gasteiger partial charge >= 0.3 is 0 Å². The van der Waals surface area contributed by atoms with Gasteiger partial charge in [-0.2, -0.15) is 0 Å². The highest BCUT2D eigenvalue weighted by molar-refractivity contribution is 5.87. The monoisotopic (exact) mass is 373 g/mol. The maximum atomic E-state index is 4.89. The van der Waals surface area contributed by atoms with Crippen molar-refractivity contribution < 1.29 is 0 Å². The maximum Gasteiger partial charge on any atom is 0.0940 e. The zero-order valence-corrected chi connectivity index (χ0v) is 18.4. The van der Waals surface area contributed by atoms with Crippen molar-refractivity contribution in [1.82, 2.24) is 9.55 Å². The highest BCUT2D eigenvalue weighted by Gasteiger charge is 2.65. The van der Waals surface area contributed by atoms with Gasteiger partial charge in [0.2, 0.25) is 0 Å². The molecule has 1 aromatic carbocycles. The molecule has 3 heteroatoms. The molecular weight excluding hydrogens is 342 g/mol. The zero-order valence-electron chi connectivity index (χ0n) is 18.4. The first-order valence-corrected chi connectivity index (χ1v) is 10.4. The average molecular weight is 374 g/mol. The van der Waals surface area contributed by atoms with Gasteiger partial charge < -0.3 is 9.47 Å². The van der Waals surface area contributed by atoms with E-state index in [1.54, 1.807) is 0 Å². The number of hydrogen-bond acceptors (Lipinski definition) is 2. The van der Waals surface area contributed by atoms with Crippen LogP contribution < -0.4 is 4.90 Å². The molecule has 4 heterocycles. The second-order valence-electron chi connectivity index (χ2n) is 10.0. The van der Waals surface area contributed by atoms with Crippen molar-refractivity contribution in [2.24, 2.45) is 12.5 Å². The SMILES string of the molecule is Cc1cccc2c1N1C(C)c3c(c4ncccc4n3C)C1(C)C(C)(C)C2(C)C. The Kier molecular flexibility index (Phi) is 3.18. The van der Waals surface area contributed by atoms with Crippen LogP contribution in [-0.4, -0.2) is 9.55 Å². The zero-order chi connectivity index (χ0) is 20.2. The summed E-state index contributed by atoms with van der Waals surface area (Å²) in [5, 5.41) is 0. The van der Waals surface area contributed by atoms with Gasteiger partial charge in [-0.25, -0.2) is 0 Å². The quantitative estimate of drug-likeness (QED) is 0.482. The standard InChI is InChI=1S/C25H31N3/c1-15-11-9-12-17-21(15)28-16(2)22-19(20-18(27(22)8)13-10-14-26-20)25(28,7)24(5,6)23(17,3)4/h9-14,16H,1-8H3. The van der Waals surface area contributed by atoms with Gasteiger partial charge in [-0.15, -0.1) is 0 Å². The Labute approximate surface area is 168 Å². The number of aromatic nitrogens is 2. The average Bonchev–Trinajstić information content (AvgIpc) is 3.07. The Morgan fingerprint density at radius 2 is 1.71 bits per heavy atom. The summed E-state index contributed by atoms with van der Waals surface area (Å²) in [4.78, 5) is 7.60. The van der Waals surface area contributed by atoms with Crippen molar-refractivity contribution in [3.63, 3.8) is 0 Å². The number of para-hydroxylation sites is 1. The number of nitrogens with zero attached hydrogens (tertiary/aromatic N) is 3. The van der Waals surface area contributed by atoms with Crippen LogP contribution in [0.5, 0.6) is 0 Å². The minimum absolute atomic E-state index is 0.00606. The van der Waals surface area contributed by atoms with Crippen LogP contribution >= 0.6 is 0 Å². The predicted octanol–water partition coefficient (Wildman–Crippen LogP) is 6.00. The van der Waals surface area contributed by atoms with E-state index >= 15 is 0 Å². The van der Waals surface area contributed by atoms with Crippen LogP contribution in [0.15, 0.2) is 36.5 Å². The molecule has 0 N–H and O–H groups in total. The van der Waals surface area contributed by atoms with Gasteiger partial charge in [0.05, 0.1) is 22.6 Å². The molecular formula is C25H31N3. The van der Waals surface area contributed by atoms with Gasteiger partial charge in [0, 0.05) is 35.6 Å². The number of benzene rings is 1. The van der Waals surface area contributed by atoms with E-state index in [-0.39, 0.29) is 16.4 Å². The van der Waals surface area contributed by atoms with E-state index in [0.29, 0.717) is 6.04 Å². The van der Waals surface area contributed by atoms with Crippen LogP contribution in [0.25, 0.3) is 11.0 Å². The topological polar surface area (TPSA) is 21.1 Å². The molecule has 3 nitrogen and oxygen atoms in total. The van der Waals surface area contributed by atoms with Crippen LogP contribution in [0.2, 0.25) is 0 Å². The highest BCUT2D eigenvalue weighted by Crippen LogP contribution is 2.68. The molecule has 2 atom stereocenters. The summed E-state index contributed by atoms with van der Waals surface area (Å²) >= 11 is 0. The Hall–Kier alpha value is -2.29. The van der Waals surface area contributed by atoms with Gasteiger partial charge in [0.15, 0.2) is 0 Å². The van der Waals surface area contributed by atoms with Crippen LogP contribution in [-0.2, 0) is 18.0 Å². The van der Waals surface area contributed by atoms with E-state index in [1.165, 1.54) is 33.6 Å². The van der Waals surface area contributed by atoms with Crippen LogP contribution in [0.3, 0.4) is 0 Å². The fraction of sp³-hybridized carbons (Fsp3) is 0.480. The smallest absolute Gasteiger partial charge is 0.0940 e. The van der Waals surface area contributed by atoms with Gasteiger partial charge in [-0.3, -0.25) is 4.98 Å². The second-order valence-corrected chi connectivity index (χ2v) is 10.0. The van der Waals surface area contributed by atoms with Crippen LogP contribution in [0, 0.1) is 12.3 Å². The van der Waals surface area contributed by atoms with E-state index in [4.69, 9.17) is 4.98 Å². The van der Waals surface area contributed by atoms with E-state index in [1.807, 2.05) is 6.20 Å². The largest absolute Gasteiger partial charge is 0.353 e. The number of rotatable bonds is 0. The first-order chi connectivity index (χ1) is 13.1. The van der Waals surface area contributed by atoms with Crippen molar-refractivity contribution in [1.29, 1.82) is 0 Å². The first kappa shape index (κ1) is 17.8. The minimum Gasteiger partial charge on any atom is -0.353 e. The number of fused-ring (bicyclic) bond motifs is 7. The molecule has 2 unspecified atom stereocenters. The Morgan fingerprint density at radius 1 is 1.00 bits per heavy atom. The number of hydrogen-bond donors (Lipinski definition) is 0. The van der Waals surface area contributed by atoms with Gasteiger partial charge in [0.25, 0.3) is 0 Å². The Bertz CT molecular complexity index is 1130. The third-order valence-corrected chi connectivity index (χ3v) is 8.69. The molecule has 0 aliphatic carbocycles. The van der Waals surface area contributed by atoms with Gasteiger partial charge in [-0.1, -0.05) is 45.9 Å². The summed E-state index contributed by atoms with van der Waals surface area (Å²) in [5.74, 6) is 0. The summed E-state index contributed by atoms with van der Waals surface area (Å²) < 4.78 is 2.38. The maximum absolute atomic E-state index is 4.89. The molecule has 2 aliphatic rings. The number of pyridine rings is 1. The molecule has 0 saturated heterocycles. The molecule has 0 amide bonds. The van der Waals surface area contributed by atoms with Crippen LogP contribution in [0.4, 0.5) is 5.69 Å². The Balaban J connectivity index is 1.98. The lowest BCUT2D eigenvalue weighted by atomic mass is 9.51. The van der Waals surface area contributed by atoms with E-state index in [0.717, 1.165) is 5.52 Å². The molecule has 28 heavy (non-hydrogen) atoms. The molecule has 2 aromatic heterocycles. The van der Waals surface area contributed by atoms with Crippen molar-refractivity contribution in [2.75, 3.05) is 4.90 Å². The Morgan fingerprint density at radius 3 is 2.43 bits per heavy atom. The normalized spacial score (nSPS) is 26.9. The third-order valence-electron chi connectivity index (χ3n) is 8.69. The van der Waals surface area contributed by atoms with Crippen molar-refractivity contribution >= 4 is 16.7 Å². The lowest BCUT2D eigenvalue weighted by Crippen LogP contribution is -2.62. The molecule has 0 fully saturated rings. The fourth-order valence-electron chi connectivity index (χ4n) is 6.34. The molecule has 0 radical (unpaired) electrons. The molecule has 5 rings (SSSR count). The minimum atomic E-state index is -0.141. The van der Waals surface area contributed by atoms with Crippen molar-refractivity contribution in [2.45, 2.75) is 65.5 Å². The summed E-state index contributed by atoms with van der Waals surface area (Å²) in [7, 11) is 2.21. The number of anilines is 1. The first-order valence-electron chi connectivity index (χ1n) is 10.4. The molecule has 2 aliphatic heterocycles. The van der Waals surface area contributed by atoms with Gasteiger partial charge in [-0.05, 0) is 49.4 Å². The predicted molar refractivity (Wildman–Crippen MR) is 117 cm³/mol. The van der Waals surface area contributed by atoms with Gasteiger partial charge in [0.1, 0.15) is 0 Å². The summed E-state index contributed by atoms with van der Waals surface area (Å²) in [6, 6.07) is 11.4. The summed E-state index contributed by atoms with van der Waals surface area (Å²) in [5.41, 5.74) is 9.38. The molecule has 0 spiro atoms. The summed E-state index contributed by atoms with van der Waals surface area (Å²) in [6.07, 6.45) is 1.94. The second kappa shape index (κ2) is 5.00. The van der Waals surface area contributed by atoms with Crippen molar-refractivity contribution in [3.8, 4) is 0 Å². The summed E-state index contributed by atoms with van der Waals surface area (Å²) in [6.45, 7) is 16.8. The molecule has 146 valence electrons. The lowest BCUT2D eigenvalue weighted by Gasteiger charge is -2.62. The molecule has 3 aromatic rings.